The summed E-state index contributed by atoms with van der Waals surface area (Å²) in [5.41, 5.74) is 4.58. The fraction of sp³-hybridized carbons (Fsp3) is 0.654. The summed E-state index contributed by atoms with van der Waals surface area (Å²) in [6, 6.07) is 6.33. The largest absolute Gasteiger partial charge is 0.373 e. The van der Waals surface area contributed by atoms with Crippen molar-refractivity contribution in [2.45, 2.75) is 92.4 Å². The lowest BCUT2D eigenvalue weighted by atomic mass is 9.79. The summed E-state index contributed by atoms with van der Waals surface area (Å²) in [7, 11) is 0. The predicted molar refractivity (Wildman–Crippen MR) is 121 cm³/mol. The van der Waals surface area contributed by atoms with Gasteiger partial charge in [-0.1, -0.05) is 66.2 Å². The van der Waals surface area contributed by atoms with E-state index in [4.69, 9.17) is 4.74 Å². The van der Waals surface area contributed by atoms with Crippen LogP contribution in [0.25, 0.3) is 0 Å². The highest BCUT2D eigenvalue weighted by Gasteiger charge is 2.22. The second-order valence-electron chi connectivity index (χ2n) is 10.5. The highest BCUT2D eigenvalue weighted by atomic mass is 16.5. The molecule has 0 spiro atoms. The van der Waals surface area contributed by atoms with Crippen LogP contribution in [0.15, 0.2) is 29.8 Å². The molecule has 0 unspecified atom stereocenters. The summed E-state index contributed by atoms with van der Waals surface area (Å²) in [4.78, 5) is 12.8. The van der Waals surface area contributed by atoms with E-state index in [1.165, 1.54) is 23.1 Å². The van der Waals surface area contributed by atoms with E-state index in [1.807, 2.05) is 12.1 Å². The van der Waals surface area contributed by atoms with Gasteiger partial charge in [-0.2, -0.15) is 0 Å². The molecule has 1 atom stereocenters. The third kappa shape index (κ3) is 8.73. The number of allylic oxidation sites excluding steroid dienone is 2. The highest BCUT2D eigenvalue weighted by Crippen LogP contribution is 2.30. The van der Waals surface area contributed by atoms with Crippen LogP contribution in [0.4, 0.5) is 0 Å². The van der Waals surface area contributed by atoms with Gasteiger partial charge in [-0.05, 0) is 73.1 Å². The van der Waals surface area contributed by atoms with Crippen molar-refractivity contribution in [2.24, 2.45) is 5.92 Å². The molecule has 0 aliphatic heterocycles. The molecule has 0 aromatic heterocycles. The van der Waals surface area contributed by atoms with Crippen molar-refractivity contribution in [3.05, 3.63) is 46.5 Å². The van der Waals surface area contributed by atoms with E-state index in [0.29, 0.717) is 12.5 Å². The van der Waals surface area contributed by atoms with Gasteiger partial charge in [0.2, 0.25) is 0 Å². The number of carbonyl (C=O) groups is 1. The number of benzene rings is 1. The van der Waals surface area contributed by atoms with Crippen molar-refractivity contribution in [2.75, 3.05) is 13.2 Å². The molecule has 0 aliphatic rings. The van der Waals surface area contributed by atoms with Crippen LogP contribution in [-0.4, -0.2) is 19.0 Å². The number of hydrogen-bond donors (Lipinski definition) is 0. The SMILES string of the molecule is CC(C)=CCC[C@H](C)CCOCC(=O)c1cc(C(C)(C)C)cc(C(C)(C)C)c1. The molecule has 1 rings (SSSR count). The Labute approximate surface area is 173 Å². The summed E-state index contributed by atoms with van der Waals surface area (Å²) in [5, 5.41) is 0. The van der Waals surface area contributed by atoms with Crippen LogP contribution < -0.4 is 0 Å². The minimum absolute atomic E-state index is 0.0118. The smallest absolute Gasteiger partial charge is 0.188 e. The lowest BCUT2D eigenvalue weighted by Crippen LogP contribution is -2.19. The van der Waals surface area contributed by atoms with E-state index in [-0.39, 0.29) is 23.2 Å². The normalized spacial score (nSPS) is 13.3. The van der Waals surface area contributed by atoms with Gasteiger partial charge in [-0.15, -0.1) is 0 Å². The van der Waals surface area contributed by atoms with Crippen LogP contribution in [0.2, 0.25) is 0 Å². The van der Waals surface area contributed by atoms with Crippen LogP contribution >= 0.6 is 0 Å². The van der Waals surface area contributed by atoms with E-state index in [9.17, 15) is 4.79 Å². The van der Waals surface area contributed by atoms with Gasteiger partial charge in [0.25, 0.3) is 0 Å². The lowest BCUT2D eigenvalue weighted by molar-refractivity contribution is 0.0734. The molecule has 0 aliphatic carbocycles. The summed E-state index contributed by atoms with van der Waals surface area (Å²) in [6.07, 6.45) is 5.58. The van der Waals surface area contributed by atoms with Crippen molar-refractivity contribution in [3.8, 4) is 0 Å². The fourth-order valence-corrected chi connectivity index (χ4v) is 2.99. The number of ether oxygens (including phenoxy) is 1. The van der Waals surface area contributed by atoms with E-state index in [1.54, 1.807) is 0 Å². The predicted octanol–water partition coefficient (Wildman–Crippen LogP) is 7.25. The molecule has 158 valence electrons. The Hall–Kier alpha value is -1.41. The number of rotatable bonds is 9. The van der Waals surface area contributed by atoms with Crippen molar-refractivity contribution in [1.82, 2.24) is 0 Å². The molecule has 0 fully saturated rings. The van der Waals surface area contributed by atoms with Crippen LogP contribution in [0, 0.1) is 5.92 Å². The first-order valence-corrected chi connectivity index (χ1v) is 10.7. The molecule has 1 aromatic carbocycles. The minimum atomic E-state index is 0.0118. The van der Waals surface area contributed by atoms with Gasteiger partial charge in [0.05, 0.1) is 0 Å². The van der Waals surface area contributed by atoms with Gasteiger partial charge in [0.1, 0.15) is 6.61 Å². The van der Waals surface area contributed by atoms with Crippen molar-refractivity contribution in [3.63, 3.8) is 0 Å². The molecule has 28 heavy (non-hydrogen) atoms. The van der Waals surface area contributed by atoms with Crippen LogP contribution in [0.3, 0.4) is 0 Å². The summed E-state index contributed by atoms with van der Waals surface area (Å²) in [6.45, 7) is 20.5. The number of carbonyl (C=O) groups excluding carboxylic acids is 1. The van der Waals surface area contributed by atoms with Gasteiger partial charge in [-0.25, -0.2) is 0 Å². The van der Waals surface area contributed by atoms with Crippen molar-refractivity contribution in [1.29, 1.82) is 0 Å². The molecule has 0 amide bonds. The van der Waals surface area contributed by atoms with Crippen LogP contribution in [0.5, 0.6) is 0 Å². The number of Topliss-reactive ketones (excluding diaryl/α,β-unsaturated/α-hetero) is 1. The first kappa shape index (κ1) is 24.6. The quantitative estimate of drug-likeness (QED) is 0.254. The molecule has 0 bridgehead atoms. The van der Waals surface area contributed by atoms with Gasteiger partial charge in [-0.3, -0.25) is 4.79 Å². The monoisotopic (exact) mass is 386 g/mol. The zero-order valence-electron chi connectivity index (χ0n) is 19.7. The minimum Gasteiger partial charge on any atom is -0.373 e. The maximum Gasteiger partial charge on any atom is 0.188 e. The first-order valence-electron chi connectivity index (χ1n) is 10.7. The molecule has 2 nitrogen and oxygen atoms in total. The molecule has 1 aromatic rings. The Morgan fingerprint density at radius 1 is 0.964 bits per heavy atom. The summed E-state index contributed by atoms with van der Waals surface area (Å²) >= 11 is 0. The maximum absolute atomic E-state index is 12.8. The molecule has 2 heteroatoms. The molecule has 0 saturated heterocycles. The van der Waals surface area contributed by atoms with Gasteiger partial charge in [0.15, 0.2) is 5.78 Å². The average molecular weight is 387 g/mol. The van der Waals surface area contributed by atoms with E-state index < -0.39 is 0 Å². The van der Waals surface area contributed by atoms with Gasteiger partial charge < -0.3 is 4.74 Å². The van der Waals surface area contributed by atoms with Crippen LogP contribution in [0.1, 0.15) is 103 Å². The van der Waals surface area contributed by atoms with E-state index in [2.05, 4.69) is 74.5 Å². The zero-order valence-corrected chi connectivity index (χ0v) is 19.7. The van der Waals surface area contributed by atoms with Crippen molar-refractivity contribution < 1.29 is 9.53 Å². The third-order valence-corrected chi connectivity index (χ3v) is 5.19. The summed E-state index contributed by atoms with van der Waals surface area (Å²) < 4.78 is 5.73. The molecule has 0 N–H and O–H groups in total. The third-order valence-electron chi connectivity index (χ3n) is 5.19. The van der Waals surface area contributed by atoms with E-state index >= 15 is 0 Å². The Morgan fingerprint density at radius 3 is 1.96 bits per heavy atom. The molecule has 0 saturated carbocycles. The first-order chi connectivity index (χ1) is 12.8. The Kier molecular flexibility index (Phi) is 9.14. The number of ketones is 1. The number of hydrogen-bond acceptors (Lipinski definition) is 2. The second kappa shape index (κ2) is 10.4. The summed E-state index contributed by atoms with van der Waals surface area (Å²) in [5.74, 6) is 0.691. The molecule has 0 radical (unpaired) electrons. The van der Waals surface area contributed by atoms with Gasteiger partial charge in [0, 0.05) is 12.2 Å². The fourth-order valence-electron chi connectivity index (χ4n) is 2.99. The topological polar surface area (TPSA) is 26.3 Å². The van der Waals surface area contributed by atoms with E-state index in [0.717, 1.165) is 18.4 Å². The second-order valence-corrected chi connectivity index (χ2v) is 10.5. The molecule has 0 heterocycles. The Bertz CT molecular complexity index is 632. The van der Waals surface area contributed by atoms with Crippen LogP contribution in [-0.2, 0) is 15.6 Å². The Morgan fingerprint density at radius 2 is 1.50 bits per heavy atom. The average Bonchev–Trinajstić information content (AvgIpc) is 2.56. The zero-order chi connectivity index (χ0) is 21.5. The highest BCUT2D eigenvalue weighted by molar-refractivity contribution is 5.97. The lowest BCUT2D eigenvalue weighted by Gasteiger charge is -2.26. The standard InChI is InChI=1S/C26H42O2/c1-19(2)11-10-12-20(3)13-14-28-18-24(27)21-15-22(25(4,5)6)17-23(16-21)26(7,8)9/h11,15-17,20H,10,12-14,18H2,1-9H3/t20-/m0/s1. The molecular weight excluding hydrogens is 344 g/mol. The van der Waals surface area contributed by atoms with Gasteiger partial charge >= 0.3 is 0 Å². The maximum atomic E-state index is 12.8. The Balaban J connectivity index is 2.68. The molecular formula is C26H42O2. The van der Waals surface area contributed by atoms with Crippen molar-refractivity contribution >= 4 is 5.78 Å².